The van der Waals surface area contributed by atoms with Crippen molar-refractivity contribution in [3.63, 3.8) is 0 Å². The first kappa shape index (κ1) is 20.7. The number of nitrogens with one attached hydrogen (secondary N) is 1. The summed E-state index contributed by atoms with van der Waals surface area (Å²) in [5.41, 5.74) is 2.72. The maximum Gasteiger partial charge on any atom is 0.300 e. The summed E-state index contributed by atoms with van der Waals surface area (Å²) < 4.78 is 33.9. The molecule has 1 amide bonds. The van der Waals surface area contributed by atoms with Crippen LogP contribution in [0.3, 0.4) is 0 Å². The molecular formula is C24H22N2O4S. The Labute approximate surface area is 181 Å². The Hall–Kier alpha value is -3.58. The number of hydrogen-bond acceptors (Lipinski definition) is 5. The fraction of sp³-hybridized carbons (Fsp3) is 0.125. The quantitative estimate of drug-likeness (QED) is 0.477. The number of anilines is 1. The SMILES string of the molecule is CCN(C)c1ccc2cc(C(=O)NS(=O)(=O)c3ccccc3-c3ccccc3)oc2c1. The van der Waals surface area contributed by atoms with Gasteiger partial charge in [0.1, 0.15) is 5.58 Å². The predicted octanol–water partition coefficient (Wildman–Crippen LogP) is 4.67. The van der Waals surface area contributed by atoms with Gasteiger partial charge in [-0.05, 0) is 36.8 Å². The number of carbonyl (C=O) groups excluding carboxylic acids is 1. The molecular weight excluding hydrogens is 412 g/mol. The molecule has 0 spiro atoms. The third-order valence-corrected chi connectivity index (χ3v) is 6.52. The maximum atomic E-state index is 13.0. The van der Waals surface area contributed by atoms with E-state index >= 15 is 0 Å². The van der Waals surface area contributed by atoms with Gasteiger partial charge in [-0.1, -0.05) is 48.5 Å². The molecule has 0 aliphatic heterocycles. The van der Waals surface area contributed by atoms with E-state index in [0.29, 0.717) is 11.1 Å². The van der Waals surface area contributed by atoms with Gasteiger partial charge in [0.25, 0.3) is 10.0 Å². The van der Waals surface area contributed by atoms with E-state index in [1.165, 1.54) is 6.07 Å². The van der Waals surface area contributed by atoms with Crippen LogP contribution in [0.1, 0.15) is 17.5 Å². The van der Waals surface area contributed by atoms with E-state index in [9.17, 15) is 13.2 Å². The van der Waals surface area contributed by atoms with Crippen molar-refractivity contribution in [3.8, 4) is 11.1 Å². The van der Waals surface area contributed by atoms with Gasteiger partial charge in [-0.15, -0.1) is 0 Å². The van der Waals surface area contributed by atoms with Gasteiger partial charge < -0.3 is 9.32 Å². The number of rotatable bonds is 6. The summed E-state index contributed by atoms with van der Waals surface area (Å²) in [6.45, 7) is 2.85. The Balaban J connectivity index is 1.64. The summed E-state index contributed by atoms with van der Waals surface area (Å²) in [6, 6.07) is 22.9. The number of fused-ring (bicyclic) bond motifs is 1. The van der Waals surface area contributed by atoms with E-state index in [2.05, 4.69) is 4.72 Å². The fourth-order valence-corrected chi connectivity index (χ4v) is 4.52. The molecule has 0 radical (unpaired) electrons. The average Bonchev–Trinajstić information content (AvgIpc) is 3.22. The molecule has 1 aromatic heterocycles. The van der Waals surface area contributed by atoms with Gasteiger partial charge >= 0.3 is 5.91 Å². The van der Waals surface area contributed by atoms with Crippen LogP contribution in [0.25, 0.3) is 22.1 Å². The van der Waals surface area contributed by atoms with Crippen LogP contribution in [0.4, 0.5) is 5.69 Å². The molecule has 31 heavy (non-hydrogen) atoms. The average molecular weight is 435 g/mol. The van der Waals surface area contributed by atoms with E-state index in [1.807, 2.05) is 67.4 Å². The lowest BCUT2D eigenvalue weighted by molar-refractivity contribution is 0.0956. The Morgan fingerprint density at radius 2 is 1.68 bits per heavy atom. The van der Waals surface area contributed by atoms with Gasteiger partial charge in [0.15, 0.2) is 5.76 Å². The fourth-order valence-electron chi connectivity index (χ4n) is 3.34. The van der Waals surface area contributed by atoms with Crippen molar-refractivity contribution < 1.29 is 17.6 Å². The van der Waals surface area contributed by atoms with Gasteiger partial charge in [-0.25, -0.2) is 13.1 Å². The number of sulfonamides is 1. The molecule has 6 nitrogen and oxygen atoms in total. The van der Waals surface area contributed by atoms with Crippen LogP contribution in [0.2, 0.25) is 0 Å². The molecule has 7 heteroatoms. The number of nitrogens with zero attached hydrogens (tertiary/aromatic N) is 1. The third kappa shape index (κ3) is 4.18. The van der Waals surface area contributed by atoms with Gasteiger partial charge in [0.2, 0.25) is 0 Å². The van der Waals surface area contributed by atoms with E-state index < -0.39 is 15.9 Å². The smallest absolute Gasteiger partial charge is 0.300 e. The summed E-state index contributed by atoms with van der Waals surface area (Å²) in [7, 11) is -2.16. The molecule has 4 rings (SSSR count). The van der Waals surface area contributed by atoms with Crippen LogP contribution < -0.4 is 9.62 Å². The Morgan fingerprint density at radius 3 is 2.42 bits per heavy atom. The number of hydrogen-bond donors (Lipinski definition) is 1. The standard InChI is InChI=1S/C24H22N2O4S/c1-3-26(2)19-14-13-18-15-22(30-21(18)16-19)24(27)25-31(28,29)23-12-8-7-11-20(23)17-9-5-4-6-10-17/h4-16H,3H2,1-2H3,(H,25,27). The highest BCUT2D eigenvalue weighted by atomic mass is 32.2. The van der Waals surface area contributed by atoms with Crippen molar-refractivity contribution in [2.45, 2.75) is 11.8 Å². The minimum Gasteiger partial charge on any atom is -0.451 e. The molecule has 0 unspecified atom stereocenters. The van der Waals surface area contributed by atoms with Crippen molar-refractivity contribution in [1.82, 2.24) is 4.72 Å². The summed E-state index contributed by atoms with van der Waals surface area (Å²) in [5.74, 6) is -0.878. The van der Waals surface area contributed by atoms with Gasteiger partial charge in [-0.2, -0.15) is 0 Å². The van der Waals surface area contributed by atoms with Crippen molar-refractivity contribution in [2.24, 2.45) is 0 Å². The van der Waals surface area contributed by atoms with E-state index in [0.717, 1.165) is 23.2 Å². The zero-order valence-electron chi connectivity index (χ0n) is 17.2. The highest BCUT2D eigenvalue weighted by molar-refractivity contribution is 7.90. The molecule has 0 bridgehead atoms. The minimum absolute atomic E-state index is 0.0255. The number of carbonyl (C=O) groups is 1. The summed E-state index contributed by atoms with van der Waals surface area (Å²) in [4.78, 5) is 14.8. The van der Waals surface area contributed by atoms with Crippen LogP contribution in [0, 0.1) is 0 Å². The normalized spacial score (nSPS) is 11.4. The Kier molecular flexibility index (Phi) is 5.52. The molecule has 4 aromatic rings. The van der Waals surface area contributed by atoms with Crippen LogP contribution in [-0.2, 0) is 10.0 Å². The molecule has 0 aliphatic carbocycles. The first-order chi connectivity index (χ1) is 14.9. The van der Waals surface area contributed by atoms with E-state index in [1.54, 1.807) is 24.3 Å². The van der Waals surface area contributed by atoms with Crippen molar-refractivity contribution in [3.05, 3.63) is 84.6 Å². The molecule has 0 fully saturated rings. The van der Waals surface area contributed by atoms with Crippen molar-refractivity contribution in [1.29, 1.82) is 0 Å². The Morgan fingerprint density at radius 1 is 0.968 bits per heavy atom. The van der Waals surface area contributed by atoms with E-state index in [4.69, 9.17) is 4.42 Å². The zero-order valence-corrected chi connectivity index (χ0v) is 18.0. The number of benzene rings is 3. The molecule has 0 atom stereocenters. The van der Waals surface area contributed by atoms with Crippen LogP contribution >= 0.6 is 0 Å². The summed E-state index contributed by atoms with van der Waals surface area (Å²) in [5, 5.41) is 0.723. The minimum atomic E-state index is -4.12. The molecule has 3 aromatic carbocycles. The molecule has 1 heterocycles. The van der Waals surface area contributed by atoms with Crippen LogP contribution in [-0.4, -0.2) is 27.9 Å². The highest BCUT2D eigenvalue weighted by Crippen LogP contribution is 2.28. The lowest BCUT2D eigenvalue weighted by Gasteiger charge is -2.16. The molecule has 0 saturated carbocycles. The van der Waals surface area contributed by atoms with E-state index in [-0.39, 0.29) is 10.7 Å². The molecule has 0 aliphatic rings. The van der Waals surface area contributed by atoms with Crippen molar-refractivity contribution >= 4 is 32.6 Å². The van der Waals surface area contributed by atoms with Gasteiger partial charge in [-0.3, -0.25) is 4.79 Å². The monoisotopic (exact) mass is 434 g/mol. The van der Waals surface area contributed by atoms with Crippen LogP contribution in [0.15, 0.2) is 88.2 Å². The topological polar surface area (TPSA) is 79.6 Å². The van der Waals surface area contributed by atoms with Gasteiger partial charge in [0.05, 0.1) is 4.90 Å². The number of amides is 1. The molecule has 158 valence electrons. The highest BCUT2D eigenvalue weighted by Gasteiger charge is 2.24. The Bertz CT molecular complexity index is 1340. The summed E-state index contributed by atoms with van der Waals surface area (Å²) in [6.07, 6.45) is 0. The second-order valence-corrected chi connectivity index (χ2v) is 8.79. The maximum absolute atomic E-state index is 13.0. The van der Waals surface area contributed by atoms with Crippen LogP contribution in [0.5, 0.6) is 0 Å². The largest absolute Gasteiger partial charge is 0.451 e. The zero-order chi connectivity index (χ0) is 22.0. The second kappa shape index (κ2) is 8.28. The number of furan rings is 1. The van der Waals surface area contributed by atoms with Gasteiger partial charge in [0, 0.05) is 36.3 Å². The second-order valence-electron chi connectivity index (χ2n) is 7.14. The molecule has 1 N–H and O–H groups in total. The lowest BCUT2D eigenvalue weighted by atomic mass is 10.1. The third-order valence-electron chi connectivity index (χ3n) is 5.13. The summed E-state index contributed by atoms with van der Waals surface area (Å²) >= 11 is 0. The first-order valence-electron chi connectivity index (χ1n) is 9.85. The van der Waals surface area contributed by atoms with Crippen molar-refractivity contribution in [2.75, 3.05) is 18.5 Å². The predicted molar refractivity (Wildman–Crippen MR) is 122 cm³/mol. The first-order valence-corrected chi connectivity index (χ1v) is 11.3. The molecule has 0 saturated heterocycles. The lowest BCUT2D eigenvalue weighted by Crippen LogP contribution is -2.30.